The molecule has 0 spiro atoms. The molecule has 0 aliphatic rings. The lowest BCUT2D eigenvalue weighted by molar-refractivity contribution is 0.531. The monoisotopic (exact) mass is 276 g/mol. The van der Waals surface area contributed by atoms with E-state index in [1.807, 2.05) is 58.3 Å². The molecule has 1 aromatic carbocycles. The zero-order chi connectivity index (χ0) is 14.0. The van der Waals surface area contributed by atoms with Crippen LogP contribution in [0, 0.1) is 0 Å². The van der Waals surface area contributed by atoms with Crippen LogP contribution in [0.5, 0.6) is 0 Å². The van der Waals surface area contributed by atoms with E-state index in [1.54, 1.807) is 0 Å². The normalized spacial score (nSPS) is 15.4. The van der Waals surface area contributed by atoms with Crippen molar-refractivity contribution in [3.63, 3.8) is 0 Å². The van der Waals surface area contributed by atoms with Crippen molar-refractivity contribution in [3.05, 3.63) is 42.2 Å². The number of rotatable bonds is 3. The molecule has 1 aromatic heterocycles. The summed E-state index contributed by atoms with van der Waals surface area (Å²) in [4.78, 5) is 4.26. The smallest absolute Gasteiger partial charge is 0.136 e. The fourth-order valence-corrected chi connectivity index (χ4v) is 2.69. The molecule has 0 aliphatic heterocycles. The second-order valence-corrected chi connectivity index (χ2v) is 7.67. The van der Waals surface area contributed by atoms with Gasteiger partial charge in [0.15, 0.2) is 0 Å². The Bertz CT molecular complexity index is 560. The van der Waals surface area contributed by atoms with E-state index in [9.17, 15) is 4.55 Å². The van der Waals surface area contributed by atoms with Crippen molar-refractivity contribution in [3.8, 4) is 0 Å². The summed E-state index contributed by atoms with van der Waals surface area (Å²) in [7, 11) is 0. The van der Waals surface area contributed by atoms with Gasteiger partial charge in [0, 0.05) is 29.1 Å². The highest BCUT2D eigenvalue weighted by molar-refractivity contribution is 7.90. The summed E-state index contributed by atoms with van der Waals surface area (Å²) in [6.07, 6.45) is 3.70. The average Bonchev–Trinajstić information content (AvgIpc) is 2.36. The van der Waals surface area contributed by atoms with Gasteiger partial charge in [-0.15, -0.1) is 4.72 Å². The lowest BCUT2D eigenvalue weighted by Gasteiger charge is -2.26. The SMILES string of the molecule is C[C@H](N[S+]([O-])C(C)(C)C)c1cncc2ccccc12. The minimum absolute atomic E-state index is 0.00124. The minimum Gasteiger partial charge on any atom is -0.598 e. The molecule has 0 radical (unpaired) electrons. The molecule has 1 heterocycles. The Morgan fingerprint density at radius 2 is 1.89 bits per heavy atom. The van der Waals surface area contributed by atoms with Gasteiger partial charge in [-0.25, -0.2) is 0 Å². The van der Waals surface area contributed by atoms with Crippen molar-refractivity contribution in [2.24, 2.45) is 0 Å². The Hall–Kier alpha value is -1.10. The molecule has 102 valence electrons. The largest absolute Gasteiger partial charge is 0.598 e. The van der Waals surface area contributed by atoms with Crippen molar-refractivity contribution in [1.82, 2.24) is 9.71 Å². The second-order valence-electron chi connectivity index (χ2n) is 5.67. The maximum atomic E-state index is 12.2. The van der Waals surface area contributed by atoms with Crippen molar-refractivity contribution in [2.45, 2.75) is 38.5 Å². The maximum Gasteiger partial charge on any atom is 0.136 e. The standard InChI is InChI=1S/C15H20N2OS/c1-11(17-19(18)15(2,3)4)14-10-16-9-12-7-5-6-8-13(12)14/h5-11,17H,1-4H3/t11-,19?/m0/s1. The van der Waals surface area contributed by atoms with Crippen LogP contribution < -0.4 is 4.72 Å². The first kappa shape index (κ1) is 14.3. The van der Waals surface area contributed by atoms with E-state index < -0.39 is 11.4 Å². The number of pyridine rings is 1. The lowest BCUT2D eigenvalue weighted by Crippen LogP contribution is -2.40. The van der Waals surface area contributed by atoms with Gasteiger partial charge in [-0.05, 0) is 38.6 Å². The molecule has 4 heteroatoms. The van der Waals surface area contributed by atoms with E-state index in [0.717, 1.165) is 16.3 Å². The number of aromatic nitrogens is 1. The number of hydrogen-bond donors (Lipinski definition) is 1. The third-order valence-electron chi connectivity index (χ3n) is 3.01. The molecule has 1 unspecified atom stereocenters. The number of benzene rings is 1. The van der Waals surface area contributed by atoms with Crippen molar-refractivity contribution >= 4 is 22.1 Å². The zero-order valence-corrected chi connectivity index (χ0v) is 12.6. The molecular formula is C15H20N2OS. The molecule has 3 nitrogen and oxygen atoms in total. The number of hydrogen-bond acceptors (Lipinski definition) is 3. The van der Waals surface area contributed by atoms with Crippen LogP contribution >= 0.6 is 0 Å². The summed E-state index contributed by atoms with van der Waals surface area (Å²) in [5, 5.41) is 2.26. The fourth-order valence-electron chi connectivity index (χ4n) is 1.89. The Balaban J connectivity index is 2.29. The topological polar surface area (TPSA) is 48.0 Å². The first-order valence-electron chi connectivity index (χ1n) is 6.40. The number of nitrogens with one attached hydrogen (secondary N) is 1. The quantitative estimate of drug-likeness (QED) is 0.875. The first-order chi connectivity index (χ1) is 8.89. The van der Waals surface area contributed by atoms with Crippen LogP contribution in [-0.2, 0) is 11.4 Å². The molecular weight excluding hydrogens is 256 g/mol. The van der Waals surface area contributed by atoms with Crippen molar-refractivity contribution in [2.75, 3.05) is 0 Å². The average molecular weight is 276 g/mol. The van der Waals surface area contributed by atoms with E-state index in [-0.39, 0.29) is 10.8 Å². The molecule has 0 saturated carbocycles. The Labute approximate surface area is 117 Å². The van der Waals surface area contributed by atoms with Crippen LogP contribution in [0.25, 0.3) is 10.8 Å². The molecule has 2 rings (SSSR count). The van der Waals surface area contributed by atoms with Gasteiger partial charge in [-0.3, -0.25) is 4.98 Å². The van der Waals surface area contributed by atoms with Crippen LogP contribution in [0.3, 0.4) is 0 Å². The van der Waals surface area contributed by atoms with Crippen molar-refractivity contribution < 1.29 is 4.55 Å². The lowest BCUT2D eigenvalue weighted by atomic mass is 10.0. The van der Waals surface area contributed by atoms with Crippen LogP contribution in [0.2, 0.25) is 0 Å². The van der Waals surface area contributed by atoms with Gasteiger partial charge < -0.3 is 4.55 Å². The fraction of sp³-hybridized carbons (Fsp3) is 0.400. The highest BCUT2D eigenvalue weighted by Gasteiger charge is 2.28. The van der Waals surface area contributed by atoms with Gasteiger partial charge in [0.25, 0.3) is 0 Å². The molecule has 0 amide bonds. The Kier molecular flexibility index (Phi) is 4.13. The number of nitrogens with zero attached hydrogens (tertiary/aromatic N) is 1. The van der Waals surface area contributed by atoms with Gasteiger partial charge in [0.05, 0.1) is 6.04 Å². The summed E-state index contributed by atoms with van der Waals surface area (Å²) >= 11 is -1.09. The number of fused-ring (bicyclic) bond motifs is 1. The third-order valence-corrected chi connectivity index (χ3v) is 4.69. The van der Waals surface area contributed by atoms with E-state index in [2.05, 4.69) is 15.8 Å². The highest BCUT2D eigenvalue weighted by atomic mass is 32.2. The van der Waals surface area contributed by atoms with E-state index >= 15 is 0 Å². The summed E-state index contributed by atoms with van der Waals surface area (Å²) in [5.41, 5.74) is 1.08. The minimum atomic E-state index is -1.09. The summed E-state index contributed by atoms with van der Waals surface area (Å²) in [6.45, 7) is 7.91. The predicted octanol–water partition coefficient (Wildman–Crippen LogP) is 3.35. The third kappa shape index (κ3) is 3.26. The molecule has 19 heavy (non-hydrogen) atoms. The zero-order valence-electron chi connectivity index (χ0n) is 11.8. The maximum absolute atomic E-state index is 12.2. The van der Waals surface area contributed by atoms with E-state index in [1.165, 1.54) is 0 Å². The summed E-state index contributed by atoms with van der Waals surface area (Å²) < 4.78 is 15.1. The van der Waals surface area contributed by atoms with Crippen molar-refractivity contribution in [1.29, 1.82) is 0 Å². The molecule has 0 bridgehead atoms. The Morgan fingerprint density at radius 3 is 2.58 bits per heavy atom. The highest BCUT2D eigenvalue weighted by Crippen LogP contribution is 2.25. The van der Waals surface area contributed by atoms with E-state index in [0.29, 0.717) is 0 Å². The molecule has 0 fully saturated rings. The van der Waals surface area contributed by atoms with Crippen LogP contribution in [-0.4, -0.2) is 14.3 Å². The molecule has 2 aromatic rings. The molecule has 0 saturated heterocycles. The van der Waals surface area contributed by atoms with Gasteiger partial charge >= 0.3 is 0 Å². The van der Waals surface area contributed by atoms with Gasteiger partial charge in [0.2, 0.25) is 0 Å². The van der Waals surface area contributed by atoms with Gasteiger partial charge in [0.1, 0.15) is 4.75 Å². The van der Waals surface area contributed by atoms with E-state index in [4.69, 9.17) is 0 Å². The Morgan fingerprint density at radius 1 is 1.21 bits per heavy atom. The van der Waals surface area contributed by atoms with Crippen LogP contribution in [0.4, 0.5) is 0 Å². The van der Waals surface area contributed by atoms with Crippen LogP contribution in [0.1, 0.15) is 39.3 Å². The predicted molar refractivity (Wildman–Crippen MR) is 81.2 cm³/mol. The summed E-state index contributed by atoms with van der Waals surface area (Å²) in [6, 6.07) is 8.13. The summed E-state index contributed by atoms with van der Waals surface area (Å²) in [5.74, 6) is 0. The first-order valence-corrected chi connectivity index (χ1v) is 7.55. The molecule has 0 aliphatic carbocycles. The molecule has 1 N–H and O–H groups in total. The molecule has 2 atom stereocenters. The van der Waals surface area contributed by atoms with Gasteiger partial charge in [-0.2, -0.15) is 0 Å². The van der Waals surface area contributed by atoms with Gasteiger partial charge in [-0.1, -0.05) is 24.3 Å². The second kappa shape index (κ2) is 5.49. The van der Waals surface area contributed by atoms with Crippen LogP contribution in [0.15, 0.2) is 36.7 Å².